The second-order valence-electron chi connectivity index (χ2n) is 3.40. The van der Waals surface area contributed by atoms with Crippen LogP contribution in [0.5, 0.6) is 0 Å². The number of Topliss-reactive ketones (excluding diaryl/α,β-unsaturated/α-hetero) is 1. The lowest BCUT2D eigenvalue weighted by atomic mass is 10.0. The standard InChI is InChI=1S/C12H14ClFO/c13-9-5-1-2-8-12(15)10-6-3-4-7-11(10)14/h3-4,6-7H,1-2,5,8-9H2. The van der Waals surface area contributed by atoms with Gasteiger partial charge in [0.1, 0.15) is 5.82 Å². The fourth-order valence-corrected chi connectivity index (χ4v) is 1.57. The maximum absolute atomic E-state index is 13.2. The van der Waals surface area contributed by atoms with Crippen LogP contribution in [-0.2, 0) is 0 Å². The largest absolute Gasteiger partial charge is 0.294 e. The Morgan fingerprint density at radius 2 is 1.93 bits per heavy atom. The summed E-state index contributed by atoms with van der Waals surface area (Å²) in [7, 11) is 0. The van der Waals surface area contributed by atoms with Gasteiger partial charge in [0.15, 0.2) is 5.78 Å². The van der Waals surface area contributed by atoms with Crippen LogP contribution in [0.15, 0.2) is 24.3 Å². The van der Waals surface area contributed by atoms with Crippen LogP contribution < -0.4 is 0 Å². The molecule has 1 nitrogen and oxygen atoms in total. The highest BCUT2D eigenvalue weighted by Gasteiger charge is 2.09. The van der Waals surface area contributed by atoms with Crippen molar-refractivity contribution in [1.82, 2.24) is 0 Å². The molecule has 0 aromatic heterocycles. The number of alkyl halides is 1. The van der Waals surface area contributed by atoms with E-state index < -0.39 is 5.82 Å². The fourth-order valence-electron chi connectivity index (χ4n) is 1.38. The molecule has 0 heterocycles. The van der Waals surface area contributed by atoms with Gasteiger partial charge >= 0.3 is 0 Å². The van der Waals surface area contributed by atoms with E-state index in [-0.39, 0.29) is 11.3 Å². The molecule has 0 N–H and O–H groups in total. The summed E-state index contributed by atoms with van der Waals surface area (Å²) in [5.74, 6) is 0.0657. The Morgan fingerprint density at radius 1 is 1.20 bits per heavy atom. The van der Waals surface area contributed by atoms with E-state index in [2.05, 4.69) is 0 Å². The number of hydrogen-bond acceptors (Lipinski definition) is 1. The molecule has 0 bridgehead atoms. The molecular formula is C12H14ClFO. The van der Waals surface area contributed by atoms with E-state index in [9.17, 15) is 9.18 Å². The highest BCUT2D eigenvalue weighted by Crippen LogP contribution is 2.12. The number of hydrogen-bond donors (Lipinski definition) is 0. The van der Waals surface area contributed by atoms with Crippen molar-refractivity contribution in [3.8, 4) is 0 Å². The second kappa shape index (κ2) is 6.57. The van der Waals surface area contributed by atoms with E-state index >= 15 is 0 Å². The van der Waals surface area contributed by atoms with Gasteiger partial charge in [-0.05, 0) is 25.0 Å². The molecule has 15 heavy (non-hydrogen) atoms. The molecule has 1 rings (SSSR count). The first-order valence-corrected chi connectivity index (χ1v) is 5.63. The van der Waals surface area contributed by atoms with Crippen molar-refractivity contribution in [2.75, 3.05) is 5.88 Å². The first-order chi connectivity index (χ1) is 7.25. The minimum Gasteiger partial charge on any atom is -0.294 e. The SMILES string of the molecule is O=C(CCCCCCl)c1ccccc1F. The summed E-state index contributed by atoms with van der Waals surface area (Å²) in [4.78, 5) is 11.6. The van der Waals surface area contributed by atoms with Gasteiger partial charge in [0, 0.05) is 12.3 Å². The molecule has 1 aromatic rings. The lowest BCUT2D eigenvalue weighted by molar-refractivity contribution is 0.0975. The molecule has 0 fully saturated rings. The van der Waals surface area contributed by atoms with E-state index in [0.717, 1.165) is 19.3 Å². The minimum absolute atomic E-state index is 0.123. The Labute approximate surface area is 94.3 Å². The van der Waals surface area contributed by atoms with Crippen molar-refractivity contribution in [1.29, 1.82) is 0 Å². The number of halogens is 2. The average Bonchev–Trinajstić information content (AvgIpc) is 2.25. The van der Waals surface area contributed by atoms with Gasteiger partial charge in [-0.1, -0.05) is 18.6 Å². The third-order valence-corrected chi connectivity index (χ3v) is 2.48. The Kier molecular flexibility index (Phi) is 5.33. The smallest absolute Gasteiger partial charge is 0.165 e. The normalized spacial score (nSPS) is 10.3. The predicted octanol–water partition coefficient (Wildman–Crippen LogP) is 3.81. The first-order valence-electron chi connectivity index (χ1n) is 5.09. The van der Waals surface area contributed by atoms with Crippen molar-refractivity contribution in [3.05, 3.63) is 35.6 Å². The summed E-state index contributed by atoms with van der Waals surface area (Å²) in [6.07, 6.45) is 3.01. The summed E-state index contributed by atoms with van der Waals surface area (Å²) in [6, 6.07) is 6.10. The number of rotatable bonds is 6. The molecule has 0 unspecified atom stereocenters. The summed E-state index contributed by atoms with van der Waals surface area (Å²) in [6.45, 7) is 0. The van der Waals surface area contributed by atoms with Crippen LogP contribution in [-0.4, -0.2) is 11.7 Å². The van der Waals surface area contributed by atoms with Crippen LogP contribution >= 0.6 is 11.6 Å². The number of carbonyl (C=O) groups excluding carboxylic acids is 1. The van der Waals surface area contributed by atoms with Crippen LogP contribution in [0.1, 0.15) is 36.0 Å². The predicted molar refractivity (Wildman–Crippen MR) is 59.9 cm³/mol. The summed E-state index contributed by atoms with van der Waals surface area (Å²) in [5.41, 5.74) is 0.198. The van der Waals surface area contributed by atoms with Gasteiger partial charge in [-0.15, -0.1) is 11.6 Å². The molecule has 1 aromatic carbocycles. The van der Waals surface area contributed by atoms with E-state index in [0.29, 0.717) is 12.3 Å². The molecular weight excluding hydrogens is 215 g/mol. The maximum Gasteiger partial charge on any atom is 0.165 e. The van der Waals surface area contributed by atoms with E-state index in [1.165, 1.54) is 12.1 Å². The summed E-state index contributed by atoms with van der Waals surface area (Å²) >= 11 is 5.51. The van der Waals surface area contributed by atoms with Crippen LogP contribution in [0.25, 0.3) is 0 Å². The Balaban J connectivity index is 2.44. The van der Waals surface area contributed by atoms with Crippen molar-refractivity contribution in [3.63, 3.8) is 0 Å². The third kappa shape index (κ3) is 4.00. The number of carbonyl (C=O) groups is 1. The highest BCUT2D eigenvalue weighted by atomic mass is 35.5. The van der Waals surface area contributed by atoms with Crippen molar-refractivity contribution in [2.24, 2.45) is 0 Å². The maximum atomic E-state index is 13.2. The lowest BCUT2D eigenvalue weighted by Gasteiger charge is -2.01. The first kappa shape index (κ1) is 12.2. The monoisotopic (exact) mass is 228 g/mol. The molecule has 0 saturated carbocycles. The molecule has 3 heteroatoms. The molecule has 0 spiro atoms. The fraction of sp³-hybridized carbons (Fsp3) is 0.417. The molecule has 0 aliphatic carbocycles. The topological polar surface area (TPSA) is 17.1 Å². The highest BCUT2D eigenvalue weighted by molar-refractivity contribution is 6.17. The van der Waals surface area contributed by atoms with Crippen LogP contribution in [0.3, 0.4) is 0 Å². The zero-order valence-electron chi connectivity index (χ0n) is 8.51. The van der Waals surface area contributed by atoms with Crippen molar-refractivity contribution < 1.29 is 9.18 Å². The van der Waals surface area contributed by atoms with Crippen LogP contribution in [0, 0.1) is 5.82 Å². The Hall–Kier alpha value is -0.890. The molecule has 0 atom stereocenters. The third-order valence-electron chi connectivity index (χ3n) is 2.21. The minimum atomic E-state index is -0.431. The van der Waals surface area contributed by atoms with E-state index in [1.807, 2.05) is 0 Å². The van der Waals surface area contributed by atoms with E-state index in [1.54, 1.807) is 12.1 Å². The van der Waals surface area contributed by atoms with Gasteiger partial charge in [-0.2, -0.15) is 0 Å². The van der Waals surface area contributed by atoms with Gasteiger partial charge < -0.3 is 0 Å². The Bertz CT molecular complexity index is 325. The number of benzene rings is 1. The molecule has 82 valence electrons. The lowest BCUT2D eigenvalue weighted by Crippen LogP contribution is -2.01. The summed E-state index contributed by atoms with van der Waals surface area (Å²) < 4.78 is 13.2. The average molecular weight is 229 g/mol. The quantitative estimate of drug-likeness (QED) is 0.411. The summed E-state index contributed by atoms with van der Waals surface area (Å²) in [5, 5.41) is 0. The zero-order valence-corrected chi connectivity index (χ0v) is 9.27. The van der Waals surface area contributed by atoms with Gasteiger partial charge in [-0.3, -0.25) is 4.79 Å². The van der Waals surface area contributed by atoms with Crippen LogP contribution in [0.2, 0.25) is 0 Å². The van der Waals surface area contributed by atoms with Gasteiger partial charge in [0.25, 0.3) is 0 Å². The van der Waals surface area contributed by atoms with Crippen LogP contribution in [0.4, 0.5) is 4.39 Å². The van der Waals surface area contributed by atoms with E-state index in [4.69, 9.17) is 11.6 Å². The van der Waals surface area contributed by atoms with Crippen molar-refractivity contribution in [2.45, 2.75) is 25.7 Å². The Morgan fingerprint density at radius 3 is 2.60 bits per heavy atom. The molecule has 0 aliphatic heterocycles. The van der Waals surface area contributed by atoms with Gasteiger partial charge in [-0.25, -0.2) is 4.39 Å². The molecule has 0 amide bonds. The van der Waals surface area contributed by atoms with Crippen molar-refractivity contribution >= 4 is 17.4 Å². The molecule has 0 saturated heterocycles. The number of unbranched alkanes of at least 4 members (excludes halogenated alkanes) is 2. The van der Waals surface area contributed by atoms with Gasteiger partial charge in [0.05, 0.1) is 5.56 Å². The molecule has 0 radical (unpaired) electrons. The molecule has 0 aliphatic rings. The number of ketones is 1. The van der Waals surface area contributed by atoms with Gasteiger partial charge in [0.2, 0.25) is 0 Å². The second-order valence-corrected chi connectivity index (χ2v) is 3.78. The zero-order chi connectivity index (χ0) is 11.1.